The molecule has 2 aromatic carbocycles. The summed E-state index contributed by atoms with van der Waals surface area (Å²) in [4.78, 5) is 32.3. The van der Waals surface area contributed by atoms with Crippen LogP contribution in [0.1, 0.15) is 36.1 Å². The highest BCUT2D eigenvalue weighted by atomic mass is 16.5. The lowest BCUT2D eigenvalue weighted by Gasteiger charge is -2.51. The molecule has 1 aromatic heterocycles. The second-order valence-corrected chi connectivity index (χ2v) is 13.7. The summed E-state index contributed by atoms with van der Waals surface area (Å²) in [5.74, 6) is 0.739. The van der Waals surface area contributed by atoms with Crippen molar-refractivity contribution in [2.75, 3.05) is 83.1 Å². The topological polar surface area (TPSA) is 107 Å². The second kappa shape index (κ2) is 13.7. The van der Waals surface area contributed by atoms with Crippen LogP contribution < -0.4 is 14.5 Å². The number of nitriles is 1. The van der Waals surface area contributed by atoms with Crippen molar-refractivity contribution in [3.05, 3.63) is 65.4 Å². The Balaban J connectivity index is 1.27. The van der Waals surface area contributed by atoms with Gasteiger partial charge in [0.25, 0.3) is 0 Å². The molecule has 0 unspecified atom stereocenters. The number of benzene rings is 2. The smallest absolute Gasteiger partial charge is 0.318 e. The van der Waals surface area contributed by atoms with Crippen LogP contribution >= 0.6 is 0 Å². The maximum atomic E-state index is 13.2. The molecular formula is C37H45N7O4. The van der Waals surface area contributed by atoms with Crippen LogP contribution in [0.4, 0.5) is 11.5 Å². The van der Waals surface area contributed by atoms with Crippen LogP contribution in [0.3, 0.4) is 0 Å². The number of ether oxygens (including phenoxy) is 3. The number of fused-ring (bicyclic) bond motifs is 3. The van der Waals surface area contributed by atoms with Crippen LogP contribution in [0.2, 0.25) is 0 Å². The number of hydrogen-bond acceptors (Lipinski definition) is 10. The number of likely N-dealkylation sites (tertiary alicyclic amines) is 1. The van der Waals surface area contributed by atoms with Gasteiger partial charge in [0.2, 0.25) is 5.91 Å². The van der Waals surface area contributed by atoms with Crippen LogP contribution in [0.25, 0.3) is 10.8 Å². The van der Waals surface area contributed by atoms with Crippen LogP contribution in [-0.4, -0.2) is 111 Å². The van der Waals surface area contributed by atoms with Crippen LogP contribution in [-0.2, 0) is 26.2 Å². The van der Waals surface area contributed by atoms with Crippen molar-refractivity contribution >= 4 is 28.2 Å². The average Bonchev–Trinajstić information content (AvgIpc) is 3.50. The molecule has 0 bridgehead atoms. The van der Waals surface area contributed by atoms with E-state index in [1.54, 1.807) is 24.2 Å². The van der Waals surface area contributed by atoms with Crippen LogP contribution in [0.5, 0.6) is 6.01 Å². The molecule has 7 rings (SSSR count). The average molecular weight is 652 g/mol. The molecule has 1 spiro atoms. The highest BCUT2D eigenvalue weighted by Crippen LogP contribution is 2.46. The van der Waals surface area contributed by atoms with E-state index in [1.807, 2.05) is 0 Å². The van der Waals surface area contributed by atoms with Gasteiger partial charge in [0, 0.05) is 62.0 Å². The Morgan fingerprint density at radius 1 is 1.12 bits per heavy atom. The molecule has 3 aromatic rings. The zero-order chi connectivity index (χ0) is 33.3. The fraction of sp³-hybridized carbons (Fsp3) is 0.514. The molecule has 0 N–H and O–H groups in total. The third kappa shape index (κ3) is 6.09. The summed E-state index contributed by atoms with van der Waals surface area (Å²) in [6.07, 6.45) is 5.74. The minimum absolute atomic E-state index is 0.105. The van der Waals surface area contributed by atoms with E-state index in [2.05, 4.69) is 71.1 Å². The molecule has 1 amide bonds. The quantitative estimate of drug-likeness (QED) is 0.317. The van der Waals surface area contributed by atoms with E-state index in [1.165, 1.54) is 22.0 Å². The number of hydrogen-bond donors (Lipinski definition) is 0. The number of rotatable bonds is 9. The molecule has 4 aliphatic heterocycles. The number of methoxy groups -OCH3 is 1. The molecular weight excluding hydrogens is 606 g/mol. The molecule has 4 aliphatic rings. The van der Waals surface area contributed by atoms with E-state index in [-0.39, 0.29) is 23.8 Å². The molecule has 0 aliphatic carbocycles. The fourth-order valence-electron chi connectivity index (χ4n) is 7.95. The number of aromatic nitrogens is 2. The highest BCUT2D eigenvalue weighted by molar-refractivity contribution is 5.97. The summed E-state index contributed by atoms with van der Waals surface area (Å²) in [7, 11) is 3.74. The van der Waals surface area contributed by atoms with E-state index in [4.69, 9.17) is 24.2 Å². The third-order valence-electron chi connectivity index (χ3n) is 10.5. The predicted octanol–water partition coefficient (Wildman–Crippen LogP) is 3.83. The van der Waals surface area contributed by atoms with E-state index < -0.39 is 0 Å². The Hall–Kier alpha value is -4.24. The number of amides is 1. The van der Waals surface area contributed by atoms with E-state index >= 15 is 0 Å². The van der Waals surface area contributed by atoms with Crippen molar-refractivity contribution in [1.82, 2.24) is 19.8 Å². The first-order valence-corrected chi connectivity index (χ1v) is 17.0. The third-order valence-corrected chi connectivity index (χ3v) is 10.5. The van der Waals surface area contributed by atoms with Crippen molar-refractivity contribution in [1.29, 1.82) is 5.26 Å². The van der Waals surface area contributed by atoms with Gasteiger partial charge in [-0.1, -0.05) is 36.4 Å². The zero-order valence-corrected chi connectivity index (χ0v) is 28.2. The Morgan fingerprint density at radius 3 is 2.69 bits per heavy atom. The van der Waals surface area contributed by atoms with Gasteiger partial charge in [-0.05, 0) is 50.4 Å². The largest absolute Gasteiger partial charge is 0.462 e. The molecule has 3 fully saturated rings. The van der Waals surface area contributed by atoms with Gasteiger partial charge in [-0.3, -0.25) is 4.79 Å². The summed E-state index contributed by atoms with van der Waals surface area (Å²) >= 11 is 0. The molecule has 5 heterocycles. The Labute approximate surface area is 282 Å². The maximum Gasteiger partial charge on any atom is 0.318 e. The van der Waals surface area contributed by atoms with Crippen molar-refractivity contribution < 1.29 is 19.0 Å². The van der Waals surface area contributed by atoms with Gasteiger partial charge < -0.3 is 33.8 Å². The maximum absolute atomic E-state index is 13.2. The molecule has 48 heavy (non-hydrogen) atoms. The summed E-state index contributed by atoms with van der Waals surface area (Å²) in [5.41, 5.74) is 4.21. The zero-order valence-electron chi connectivity index (χ0n) is 28.2. The first-order chi connectivity index (χ1) is 23.4. The number of carbonyl (C=O) groups is 1. The molecule has 11 heteroatoms. The van der Waals surface area contributed by atoms with Gasteiger partial charge in [0.05, 0.1) is 56.0 Å². The summed E-state index contributed by atoms with van der Waals surface area (Å²) in [6, 6.07) is 15.7. The Kier molecular flexibility index (Phi) is 9.23. The van der Waals surface area contributed by atoms with E-state index in [9.17, 15) is 10.1 Å². The SMILES string of the molecule is COC/C=C/C(=O)N1CCN(c2nc(OC[C@@H]3CCCN3C)nc3c2C2(COC2)CN(c2cccc4cccc(C)c24)C3)C[C@@H]1CC#N. The normalized spacial score (nSPS) is 22.2. The second-order valence-electron chi connectivity index (χ2n) is 13.7. The minimum Gasteiger partial charge on any atom is -0.462 e. The van der Waals surface area contributed by atoms with Crippen LogP contribution in [0, 0.1) is 18.3 Å². The molecule has 0 saturated carbocycles. The number of carbonyl (C=O) groups excluding carboxylic acids is 1. The van der Waals surface area contributed by atoms with E-state index in [0.29, 0.717) is 64.7 Å². The van der Waals surface area contributed by atoms with Crippen molar-refractivity contribution in [3.8, 4) is 12.1 Å². The summed E-state index contributed by atoms with van der Waals surface area (Å²) < 4.78 is 17.5. The van der Waals surface area contributed by atoms with E-state index in [0.717, 1.165) is 43.0 Å². The van der Waals surface area contributed by atoms with Gasteiger partial charge in [-0.2, -0.15) is 15.2 Å². The Bertz CT molecular complexity index is 1730. The molecule has 2 atom stereocenters. The van der Waals surface area contributed by atoms with Gasteiger partial charge >= 0.3 is 6.01 Å². The van der Waals surface area contributed by atoms with Gasteiger partial charge in [-0.25, -0.2) is 0 Å². The first-order valence-electron chi connectivity index (χ1n) is 17.0. The number of likely N-dealkylation sites (N-methyl/N-ethyl adjacent to an activating group) is 1. The number of aryl methyl sites for hydroxylation is 1. The summed E-state index contributed by atoms with van der Waals surface area (Å²) in [6.45, 7) is 8.24. The number of nitrogens with zero attached hydrogens (tertiary/aromatic N) is 7. The standard InChI is InChI=1S/C37H45N7O4/c1-26-8-4-9-27-10-5-12-31(33(26)27)43-21-30-34(37(23-43)24-47-25-37)35(40-36(39-30)48-22-29-11-6-16-41(29)2)42-17-18-44(28(20-42)14-15-38)32(45)13-7-19-46-3/h4-5,7-10,12-13,28-29H,6,11,14,16-25H2,1-3H3/b13-7+/t28-,29-/m0/s1. The molecule has 252 valence electrons. The lowest BCUT2D eigenvalue weighted by atomic mass is 9.74. The highest BCUT2D eigenvalue weighted by Gasteiger charge is 2.50. The lowest BCUT2D eigenvalue weighted by Crippen LogP contribution is -2.60. The van der Waals surface area contributed by atoms with Gasteiger partial charge in [0.1, 0.15) is 12.4 Å². The monoisotopic (exact) mass is 651 g/mol. The van der Waals surface area contributed by atoms with Gasteiger partial charge in [0.15, 0.2) is 0 Å². The minimum atomic E-state index is -0.293. The molecule has 3 saturated heterocycles. The predicted molar refractivity (Wildman–Crippen MR) is 184 cm³/mol. The van der Waals surface area contributed by atoms with Crippen molar-refractivity contribution in [2.45, 2.75) is 50.2 Å². The number of piperazine rings is 1. The summed E-state index contributed by atoms with van der Waals surface area (Å²) in [5, 5.41) is 12.2. The van der Waals surface area contributed by atoms with Crippen LogP contribution in [0.15, 0.2) is 48.6 Å². The number of anilines is 2. The molecule has 0 radical (unpaired) electrons. The molecule has 11 nitrogen and oxygen atoms in total. The Morgan fingerprint density at radius 2 is 1.96 bits per heavy atom. The fourth-order valence-corrected chi connectivity index (χ4v) is 7.95. The van der Waals surface area contributed by atoms with Crippen molar-refractivity contribution in [2.24, 2.45) is 0 Å². The first kappa shape index (κ1) is 32.3. The van der Waals surface area contributed by atoms with Crippen molar-refractivity contribution in [3.63, 3.8) is 0 Å². The van der Waals surface area contributed by atoms with Gasteiger partial charge in [-0.15, -0.1) is 0 Å². The lowest BCUT2D eigenvalue weighted by molar-refractivity contribution is -0.128.